The zero-order valence-electron chi connectivity index (χ0n) is 12.4. The third-order valence-corrected chi connectivity index (χ3v) is 3.57. The second-order valence-electron chi connectivity index (χ2n) is 4.90. The molecular formula is C15H21N3O3. The van der Waals surface area contributed by atoms with E-state index in [1.54, 1.807) is 25.1 Å². The molecule has 0 saturated carbocycles. The van der Waals surface area contributed by atoms with Gasteiger partial charge in [0.2, 0.25) is 5.91 Å². The second kappa shape index (κ2) is 6.47. The van der Waals surface area contributed by atoms with Crippen molar-refractivity contribution in [2.45, 2.75) is 26.3 Å². The largest absolute Gasteiger partial charge is 0.462 e. The molecule has 114 valence electrons. The van der Waals surface area contributed by atoms with Gasteiger partial charge in [-0.2, -0.15) is 0 Å². The fourth-order valence-corrected chi connectivity index (χ4v) is 2.57. The van der Waals surface area contributed by atoms with Crippen molar-refractivity contribution >= 4 is 23.3 Å². The number of nitrogens with zero attached hydrogens (tertiary/aromatic N) is 1. The van der Waals surface area contributed by atoms with Crippen LogP contribution in [0, 0.1) is 0 Å². The minimum Gasteiger partial charge on any atom is -0.462 e. The van der Waals surface area contributed by atoms with E-state index in [0.29, 0.717) is 37.4 Å². The van der Waals surface area contributed by atoms with Gasteiger partial charge in [-0.05, 0) is 31.5 Å². The van der Waals surface area contributed by atoms with E-state index in [2.05, 4.69) is 5.32 Å². The first-order valence-corrected chi connectivity index (χ1v) is 7.19. The number of carbonyl (C=O) groups excluding carboxylic acids is 2. The molecule has 6 nitrogen and oxygen atoms in total. The maximum absolute atomic E-state index is 11.9. The van der Waals surface area contributed by atoms with Crippen LogP contribution in [0.15, 0.2) is 18.2 Å². The normalized spacial score (nSPS) is 18.3. The topological polar surface area (TPSA) is 84.7 Å². The highest BCUT2D eigenvalue weighted by atomic mass is 16.5. The van der Waals surface area contributed by atoms with Crippen molar-refractivity contribution in [3.8, 4) is 0 Å². The fourth-order valence-electron chi connectivity index (χ4n) is 2.57. The summed E-state index contributed by atoms with van der Waals surface area (Å²) in [6, 6.07) is 4.84. The zero-order valence-corrected chi connectivity index (χ0v) is 12.4. The Balaban J connectivity index is 2.27. The van der Waals surface area contributed by atoms with Crippen LogP contribution < -0.4 is 16.0 Å². The lowest BCUT2D eigenvalue weighted by Gasteiger charge is -2.37. The van der Waals surface area contributed by atoms with Gasteiger partial charge in [0.25, 0.3) is 0 Å². The Bertz CT molecular complexity index is 545. The molecule has 1 aromatic rings. The zero-order chi connectivity index (χ0) is 15.4. The number of amides is 1. The van der Waals surface area contributed by atoms with Crippen LogP contribution in [0.1, 0.15) is 30.6 Å². The summed E-state index contributed by atoms with van der Waals surface area (Å²) in [5.74, 6) is -0.378. The maximum atomic E-state index is 11.9. The molecule has 0 radical (unpaired) electrons. The van der Waals surface area contributed by atoms with Crippen LogP contribution in [0.25, 0.3) is 0 Å². The van der Waals surface area contributed by atoms with Gasteiger partial charge >= 0.3 is 5.97 Å². The molecule has 1 unspecified atom stereocenters. The molecule has 1 saturated heterocycles. The number of hydrogen-bond donors (Lipinski definition) is 2. The van der Waals surface area contributed by atoms with Crippen LogP contribution in [0.2, 0.25) is 0 Å². The van der Waals surface area contributed by atoms with Gasteiger partial charge in [-0.15, -0.1) is 0 Å². The first-order chi connectivity index (χ1) is 10.1. The summed E-state index contributed by atoms with van der Waals surface area (Å²) in [4.78, 5) is 25.6. The summed E-state index contributed by atoms with van der Waals surface area (Å²) in [5, 5.41) is 2.85. The molecule has 0 aliphatic carbocycles. The van der Waals surface area contributed by atoms with Crippen LogP contribution in [0.4, 0.5) is 11.4 Å². The number of benzene rings is 1. The summed E-state index contributed by atoms with van der Waals surface area (Å²) >= 11 is 0. The standard InChI is InChI=1S/C15H21N3O3/c1-3-12-14(19)17-7-8-18(12)13-6-5-10(9-11(13)16)15(20)21-4-2/h5-6,9,12H,3-4,7-8,16H2,1-2H3,(H,17,19). The number of nitrogen functional groups attached to an aromatic ring is 1. The van der Waals surface area contributed by atoms with Gasteiger partial charge in [0.1, 0.15) is 6.04 Å². The SMILES string of the molecule is CCOC(=O)c1ccc(N2CCNC(=O)C2CC)c(N)c1. The molecule has 1 amide bonds. The molecule has 21 heavy (non-hydrogen) atoms. The number of rotatable bonds is 4. The van der Waals surface area contributed by atoms with Crippen molar-refractivity contribution in [1.29, 1.82) is 0 Å². The second-order valence-corrected chi connectivity index (χ2v) is 4.90. The number of esters is 1. The number of ether oxygens (including phenoxy) is 1. The van der Waals surface area contributed by atoms with Crippen molar-refractivity contribution in [2.24, 2.45) is 0 Å². The lowest BCUT2D eigenvalue weighted by atomic mass is 10.1. The molecule has 6 heteroatoms. The van der Waals surface area contributed by atoms with Crippen LogP contribution in [0.3, 0.4) is 0 Å². The van der Waals surface area contributed by atoms with Gasteiger partial charge in [-0.25, -0.2) is 4.79 Å². The Kier molecular flexibility index (Phi) is 4.67. The van der Waals surface area contributed by atoms with E-state index in [1.165, 1.54) is 0 Å². The predicted molar refractivity (Wildman–Crippen MR) is 81.2 cm³/mol. The molecule has 1 aliphatic heterocycles. The summed E-state index contributed by atoms with van der Waals surface area (Å²) in [5.41, 5.74) is 7.75. The lowest BCUT2D eigenvalue weighted by Crippen LogP contribution is -2.55. The quantitative estimate of drug-likeness (QED) is 0.642. The molecule has 3 N–H and O–H groups in total. The third-order valence-electron chi connectivity index (χ3n) is 3.57. The molecule has 2 rings (SSSR count). The Morgan fingerprint density at radius 3 is 2.86 bits per heavy atom. The maximum Gasteiger partial charge on any atom is 0.338 e. The molecule has 0 bridgehead atoms. The van der Waals surface area contributed by atoms with Crippen LogP contribution in [-0.2, 0) is 9.53 Å². The van der Waals surface area contributed by atoms with Gasteiger partial charge in [0, 0.05) is 13.1 Å². The smallest absolute Gasteiger partial charge is 0.338 e. The minimum atomic E-state index is -0.390. The molecule has 1 heterocycles. The first kappa shape index (κ1) is 15.2. The van der Waals surface area contributed by atoms with E-state index in [4.69, 9.17) is 10.5 Å². The number of anilines is 2. The molecule has 0 spiro atoms. The van der Waals surface area contributed by atoms with Crippen LogP contribution in [-0.4, -0.2) is 37.6 Å². The predicted octanol–water partition coefficient (Wildman–Crippen LogP) is 1.16. The first-order valence-electron chi connectivity index (χ1n) is 7.19. The molecule has 1 aromatic carbocycles. The average molecular weight is 291 g/mol. The van der Waals surface area contributed by atoms with E-state index < -0.39 is 0 Å². The van der Waals surface area contributed by atoms with Crippen molar-refractivity contribution in [3.05, 3.63) is 23.8 Å². The van der Waals surface area contributed by atoms with Crippen molar-refractivity contribution in [3.63, 3.8) is 0 Å². The van der Waals surface area contributed by atoms with Crippen molar-refractivity contribution < 1.29 is 14.3 Å². The van der Waals surface area contributed by atoms with Crippen molar-refractivity contribution in [1.82, 2.24) is 5.32 Å². The number of hydrogen-bond acceptors (Lipinski definition) is 5. The summed E-state index contributed by atoms with van der Waals surface area (Å²) in [6.07, 6.45) is 0.699. The lowest BCUT2D eigenvalue weighted by molar-refractivity contribution is -0.123. The molecular weight excluding hydrogens is 270 g/mol. The third kappa shape index (κ3) is 3.09. The fraction of sp³-hybridized carbons (Fsp3) is 0.467. The van der Waals surface area contributed by atoms with E-state index in [0.717, 1.165) is 5.69 Å². The highest BCUT2D eigenvalue weighted by Crippen LogP contribution is 2.28. The Morgan fingerprint density at radius 2 is 2.24 bits per heavy atom. The monoisotopic (exact) mass is 291 g/mol. The van der Waals surface area contributed by atoms with Gasteiger partial charge in [-0.3, -0.25) is 4.79 Å². The van der Waals surface area contributed by atoms with E-state index in [-0.39, 0.29) is 17.9 Å². The van der Waals surface area contributed by atoms with Gasteiger partial charge < -0.3 is 20.7 Å². The Labute approximate surface area is 124 Å². The molecule has 0 aromatic heterocycles. The summed E-state index contributed by atoms with van der Waals surface area (Å²) in [7, 11) is 0. The van der Waals surface area contributed by atoms with Crippen molar-refractivity contribution in [2.75, 3.05) is 30.3 Å². The van der Waals surface area contributed by atoms with Crippen LogP contribution >= 0.6 is 0 Å². The summed E-state index contributed by atoms with van der Waals surface area (Å²) in [6.45, 7) is 5.34. The molecule has 1 aliphatic rings. The number of piperazine rings is 1. The van der Waals surface area contributed by atoms with E-state index in [9.17, 15) is 9.59 Å². The number of carbonyl (C=O) groups is 2. The number of nitrogens with one attached hydrogen (secondary N) is 1. The Morgan fingerprint density at radius 1 is 1.48 bits per heavy atom. The van der Waals surface area contributed by atoms with E-state index >= 15 is 0 Å². The van der Waals surface area contributed by atoms with Crippen LogP contribution in [0.5, 0.6) is 0 Å². The molecule has 1 atom stereocenters. The van der Waals surface area contributed by atoms with Gasteiger partial charge in [0.15, 0.2) is 0 Å². The van der Waals surface area contributed by atoms with Gasteiger partial charge in [0.05, 0.1) is 23.5 Å². The number of nitrogens with two attached hydrogens (primary N) is 1. The highest BCUT2D eigenvalue weighted by Gasteiger charge is 2.29. The minimum absolute atomic E-state index is 0.0117. The average Bonchev–Trinajstić information content (AvgIpc) is 2.47. The van der Waals surface area contributed by atoms with Gasteiger partial charge in [-0.1, -0.05) is 6.92 Å². The van der Waals surface area contributed by atoms with E-state index in [1.807, 2.05) is 11.8 Å². The Hall–Kier alpha value is -2.24. The molecule has 1 fully saturated rings. The highest BCUT2D eigenvalue weighted by molar-refractivity contribution is 5.93. The summed E-state index contributed by atoms with van der Waals surface area (Å²) < 4.78 is 4.96.